The maximum absolute atomic E-state index is 13.5. The molecule has 1 saturated heterocycles. The van der Waals surface area contributed by atoms with E-state index in [4.69, 9.17) is 5.73 Å². The lowest BCUT2D eigenvalue weighted by molar-refractivity contribution is -0.0498. The number of anilines is 1. The lowest BCUT2D eigenvalue weighted by Gasteiger charge is -2.31. The molecule has 12 heteroatoms. The van der Waals surface area contributed by atoms with Crippen molar-refractivity contribution in [1.29, 1.82) is 0 Å². The highest BCUT2D eigenvalue weighted by atomic mass is 19.3. The molecular weight excluding hydrogens is 474 g/mol. The molecule has 1 unspecified atom stereocenters. The van der Waals surface area contributed by atoms with E-state index < -0.39 is 30.2 Å². The normalized spacial score (nSPS) is 15.7. The number of nitrogens with two attached hydrogens (primary N) is 1. The summed E-state index contributed by atoms with van der Waals surface area (Å²) < 4.78 is 33.1. The molecule has 1 aliphatic heterocycles. The highest BCUT2D eigenvalue weighted by Gasteiger charge is 2.26. The summed E-state index contributed by atoms with van der Waals surface area (Å²) in [5.74, 6) is 5.41. The smallest absolute Gasteiger partial charge is 0.387 e. The van der Waals surface area contributed by atoms with Gasteiger partial charge >= 0.3 is 12.3 Å². The number of imidazole rings is 1. The Morgan fingerprint density at radius 2 is 2.08 bits per heavy atom. The molecule has 36 heavy (non-hydrogen) atoms. The van der Waals surface area contributed by atoms with Crippen molar-refractivity contribution in [3.8, 4) is 17.6 Å². The zero-order valence-corrected chi connectivity index (χ0v) is 19.9. The Morgan fingerprint density at radius 1 is 1.31 bits per heavy atom. The number of hydrogen-bond donors (Lipinski definition) is 1. The van der Waals surface area contributed by atoms with E-state index >= 15 is 0 Å². The third kappa shape index (κ3) is 4.87. The first-order valence-corrected chi connectivity index (χ1v) is 11.4. The lowest BCUT2D eigenvalue weighted by Crippen LogP contribution is -2.44. The number of aromatic nitrogens is 4. The fourth-order valence-corrected chi connectivity index (χ4v) is 4.32. The van der Waals surface area contributed by atoms with Crippen LogP contribution in [0.3, 0.4) is 0 Å². The van der Waals surface area contributed by atoms with Crippen LogP contribution in [0, 0.1) is 11.8 Å². The van der Waals surface area contributed by atoms with Gasteiger partial charge in [0.1, 0.15) is 5.75 Å². The molecule has 0 bridgehead atoms. The fourth-order valence-electron chi connectivity index (χ4n) is 4.32. The maximum Gasteiger partial charge on any atom is 0.387 e. The first kappa shape index (κ1) is 25.1. The van der Waals surface area contributed by atoms with E-state index in [-0.39, 0.29) is 35.1 Å². The molecule has 0 amide bonds. The SMILES string of the molecule is CC#CCn1c(N2CCCC(N)C2)nc2c1c(=O)n(CC(=O)c1cccc(OC(F)F)c1)c(=O)n2C. The van der Waals surface area contributed by atoms with E-state index in [2.05, 4.69) is 21.6 Å². The van der Waals surface area contributed by atoms with Crippen LogP contribution in [-0.4, -0.2) is 50.2 Å². The van der Waals surface area contributed by atoms with Crippen LogP contribution >= 0.6 is 0 Å². The quantitative estimate of drug-likeness (QED) is 0.384. The zero-order chi connectivity index (χ0) is 26.0. The van der Waals surface area contributed by atoms with Gasteiger partial charge in [0, 0.05) is 31.7 Å². The molecule has 10 nitrogen and oxygen atoms in total. The van der Waals surface area contributed by atoms with Crippen LogP contribution in [0.5, 0.6) is 5.75 Å². The van der Waals surface area contributed by atoms with Gasteiger partial charge in [0.2, 0.25) is 5.95 Å². The Kier molecular flexibility index (Phi) is 7.21. The second kappa shape index (κ2) is 10.3. The van der Waals surface area contributed by atoms with E-state index in [1.165, 1.54) is 29.8 Å². The van der Waals surface area contributed by atoms with Crippen LogP contribution in [-0.2, 0) is 20.1 Å². The number of aryl methyl sites for hydroxylation is 1. The molecule has 1 atom stereocenters. The number of rotatable bonds is 7. The van der Waals surface area contributed by atoms with Crippen molar-refractivity contribution in [3.63, 3.8) is 0 Å². The number of nitrogens with zero attached hydrogens (tertiary/aromatic N) is 5. The van der Waals surface area contributed by atoms with E-state index in [0.29, 0.717) is 19.0 Å². The fraction of sp³-hybridized carbons (Fsp3) is 0.417. The first-order valence-electron chi connectivity index (χ1n) is 11.4. The predicted octanol–water partition coefficient (Wildman–Crippen LogP) is 1.33. The Morgan fingerprint density at radius 3 is 2.78 bits per heavy atom. The summed E-state index contributed by atoms with van der Waals surface area (Å²) in [6.07, 6.45) is 1.73. The monoisotopic (exact) mass is 500 g/mol. The summed E-state index contributed by atoms with van der Waals surface area (Å²) in [5.41, 5.74) is 5.06. The molecule has 1 aromatic carbocycles. The number of carbonyl (C=O) groups excluding carboxylic acids is 1. The molecule has 0 saturated carbocycles. The molecule has 3 aromatic rings. The number of alkyl halides is 2. The van der Waals surface area contributed by atoms with E-state index in [9.17, 15) is 23.2 Å². The van der Waals surface area contributed by atoms with Crippen molar-refractivity contribution in [2.45, 2.75) is 45.5 Å². The third-order valence-corrected chi connectivity index (χ3v) is 6.05. The molecule has 2 aromatic heterocycles. The number of carbonyl (C=O) groups is 1. The van der Waals surface area contributed by atoms with Crippen LogP contribution in [0.1, 0.15) is 30.1 Å². The highest BCUT2D eigenvalue weighted by Crippen LogP contribution is 2.23. The standard InChI is InChI=1S/C24H26F2N6O4/c1-3-4-11-31-19-20(28-23(31)30-10-6-8-16(27)13-30)29(2)24(35)32(21(19)34)14-18(33)15-7-5-9-17(12-15)36-22(25)26/h5,7,9,12,16,22H,6,8,10-11,13-14,27H2,1-2H3. The van der Waals surface area contributed by atoms with Crippen LogP contribution in [0.15, 0.2) is 33.9 Å². The van der Waals surface area contributed by atoms with Gasteiger partial charge in [-0.3, -0.25) is 23.3 Å². The lowest BCUT2D eigenvalue weighted by atomic mass is 10.1. The Bertz CT molecular complexity index is 1480. The minimum absolute atomic E-state index is 0.0237. The molecule has 2 N–H and O–H groups in total. The van der Waals surface area contributed by atoms with Crippen molar-refractivity contribution in [2.24, 2.45) is 12.8 Å². The Hall–Kier alpha value is -3.98. The number of halogens is 2. The van der Waals surface area contributed by atoms with Crippen molar-refractivity contribution >= 4 is 22.9 Å². The Balaban J connectivity index is 1.81. The molecule has 4 rings (SSSR count). The number of ketones is 1. The number of Topliss-reactive ketones (excluding diaryl/α,β-unsaturated/α-hetero) is 1. The molecular formula is C24H26F2N6O4. The number of hydrogen-bond acceptors (Lipinski definition) is 7. The summed E-state index contributed by atoms with van der Waals surface area (Å²) in [4.78, 5) is 46.1. The number of fused-ring (bicyclic) bond motifs is 1. The van der Waals surface area contributed by atoms with Gasteiger partial charge in [0.05, 0.1) is 13.1 Å². The largest absolute Gasteiger partial charge is 0.435 e. The van der Waals surface area contributed by atoms with Crippen molar-refractivity contribution in [1.82, 2.24) is 18.7 Å². The summed E-state index contributed by atoms with van der Waals surface area (Å²) in [7, 11) is 1.47. The van der Waals surface area contributed by atoms with Crippen LogP contribution < -0.4 is 26.6 Å². The molecule has 0 spiro atoms. The predicted molar refractivity (Wildman–Crippen MR) is 130 cm³/mol. The minimum atomic E-state index is -3.05. The molecule has 190 valence electrons. The number of piperidine rings is 1. The van der Waals surface area contributed by atoms with Crippen LogP contribution in [0.25, 0.3) is 11.2 Å². The van der Waals surface area contributed by atoms with Crippen LogP contribution in [0.2, 0.25) is 0 Å². The van der Waals surface area contributed by atoms with Crippen molar-refractivity contribution < 1.29 is 18.3 Å². The molecule has 0 aliphatic carbocycles. The summed E-state index contributed by atoms with van der Waals surface area (Å²) in [6.45, 7) is -0.581. The second-order valence-corrected chi connectivity index (χ2v) is 8.51. The summed E-state index contributed by atoms with van der Waals surface area (Å²) >= 11 is 0. The first-order chi connectivity index (χ1) is 17.2. The molecule has 1 aliphatic rings. The molecule has 3 heterocycles. The van der Waals surface area contributed by atoms with E-state index in [1.807, 2.05) is 4.90 Å². The van der Waals surface area contributed by atoms with Gasteiger partial charge in [-0.05, 0) is 31.9 Å². The summed E-state index contributed by atoms with van der Waals surface area (Å²) in [6, 6.07) is 5.15. The third-order valence-electron chi connectivity index (χ3n) is 6.05. The average Bonchev–Trinajstić information content (AvgIpc) is 3.23. The maximum atomic E-state index is 13.5. The second-order valence-electron chi connectivity index (χ2n) is 8.51. The molecule has 1 fully saturated rings. The van der Waals surface area contributed by atoms with Gasteiger partial charge in [-0.1, -0.05) is 18.1 Å². The van der Waals surface area contributed by atoms with E-state index in [1.54, 1.807) is 11.5 Å². The average molecular weight is 501 g/mol. The highest BCUT2D eigenvalue weighted by molar-refractivity contribution is 5.96. The topological polar surface area (TPSA) is 117 Å². The van der Waals surface area contributed by atoms with E-state index in [0.717, 1.165) is 23.5 Å². The van der Waals surface area contributed by atoms with Gasteiger partial charge in [-0.25, -0.2) is 4.79 Å². The van der Waals surface area contributed by atoms with Gasteiger partial charge < -0.3 is 15.4 Å². The van der Waals surface area contributed by atoms with Crippen molar-refractivity contribution in [3.05, 3.63) is 50.7 Å². The van der Waals surface area contributed by atoms with Crippen molar-refractivity contribution in [2.75, 3.05) is 18.0 Å². The van der Waals surface area contributed by atoms with Crippen LogP contribution in [0.4, 0.5) is 14.7 Å². The Labute approximate surface area is 204 Å². The molecule has 0 radical (unpaired) electrons. The summed E-state index contributed by atoms with van der Waals surface area (Å²) in [5, 5.41) is 0. The number of ether oxygens (including phenoxy) is 1. The van der Waals surface area contributed by atoms with Gasteiger partial charge in [-0.15, -0.1) is 5.92 Å². The number of benzene rings is 1. The minimum Gasteiger partial charge on any atom is -0.435 e. The zero-order valence-electron chi connectivity index (χ0n) is 19.9. The van der Waals surface area contributed by atoms with Gasteiger partial charge in [-0.2, -0.15) is 13.8 Å². The van der Waals surface area contributed by atoms with Gasteiger partial charge in [0.25, 0.3) is 5.56 Å². The van der Waals surface area contributed by atoms with Gasteiger partial charge in [0.15, 0.2) is 16.9 Å².